The molecule has 0 spiro atoms. The standard InChI is InChI=1S/C16H19FN4O2/c1-21(2)15-12(17)9-19-16(20-15)18-8-7-11-10-22-13-5-3-4-6-14(13)23-11/h3-6,9,11H,7-8,10H2,1-2H3,(H,18,19,20). The Balaban J connectivity index is 1.53. The van der Waals surface area contributed by atoms with Crippen LogP contribution < -0.4 is 19.7 Å². The molecule has 0 fully saturated rings. The quantitative estimate of drug-likeness (QED) is 0.913. The first-order chi connectivity index (χ1) is 11.1. The Bertz CT molecular complexity index is 681. The first kappa shape index (κ1) is 15.3. The second-order valence-corrected chi connectivity index (χ2v) is 5.47. The zero-order chi connectivity index (χ0) is 16.2. The Morgan fingerprint density at radius 3 is 2.87 bits per heavy atom. The highest BCUT2D eigenvalue weighted by Gasteiger charge is 2.20. The second kappa shape index (κ2) is 6.68. The Morgan fingerprint density at radius 2 is 2.09 bits per heavy atom. The van der Waals surface area contributed by atoms with Gasteiger partial charge in [-0.2, -0.15) is 4.98 Å². The third-order valence-electron chi connectivity index (χ3n) is 3.47. The van der Waals surface area contributed by atoms with Crippen molar-refractivity contribution < 1.29 is 13.9 Å². The van der Waals surface area contributed by atoms with Gasteiger partial charge in [0.1, 0.15) is 12.7 Å². The van der Waals surface area contributed by atoms with Gasteiger partial charge in [-0.05, 0) is 12.1 Å². The van der Waals surface area contributed by atoms with Crippen LogP contribution in [0.3, 0.4) is 0 Å². The van der Waals surface area contributed by atoms with E-state index in [1.807, 2.05) is 24.3 Å². The maximum Gasteiger partial charge on any atom is 0.224 e. The lowest BCUT2D eigenvalue weighted by Gasteiger charge is -2.26. The highest BCUT2D eigenvalue weighted by Crippen LogP contribution is 2.31. The minimum Gasteiger partial charge on any atom is -0.486 e. The molecule has 0 bridgehead atoms. The van der Waals surface area contributed by atoms with Gasteiger partial charge in [-0.25, -0.2) is 9.37 Å². The largest absolute Gasteiger partial charge is 0.486 e. The fourth-order valence-electron chi connectivity index (χ4n) is 2.31. The van der Waals surface area contributed by atoms with E-state index in [0.29, 0.717) is 19.1 Å². The van der Waals surface area contributed by atoms with Crippen LogP contribution in [0.4, 0.5) is 16.2 Å². The molecule has 23 heavy (non-hydrogen) atoms. The van der Waals surface area contributed by atoms with Gasteiger partial charge in [-0.15, -0.1) is 0 Å². The summed E-state index contributed by atoms with van der Waals surface area (Å²) < 4.78 is 25.1. The fourth-order valence-corrected chi connectivity index (χ4v) is 2.31. The molecule has 0 amide bonds. The third kappa shape index (κ3) is 3.61. The van der Waals surface area contributed by atoms with Crippen molar-refractivity contribution in [3.05, 3.63) is 36.3 Å². The summed E-state index contributed by atoms with van der Waals surface area (Å²) >= 11 is 0. The molecule has 122 valence electrons. The zero-order valence-corrected chi connectivity index (χ0v) is 13.1. The Labute approximate surface area is 134 Å². The van der Waals surface area contributed by atoms with Gasteiger partial charge >= 0.3 is 0 Å². The second-order valence-electron chi connectivity index (χ2n) is 5.47. The van der Waals surface area contributed by atoms with Gasteiger partial charge in [-0.3, -0.25) is 0 Å². The summed E-state index contributed by atoms with van der Waals surface area (Å²) in [7, 11) is 3.47. The van der Waals surface area contributed by atoms with Gasteiger partial charge in [0.15, 0.2) is 23.1 Å². The number of hydrogen-bond donors (Lipinski definition) is 1. The normalized spacial score (nSPS) is 16.0. The smallest absolute Gasteiger partial charge is 0.224 e. The van der Waals surface area contributed by atoms with E-state index >= 15 is 0 Å². The van der Waals surface area contributed by atoms with Gasteiger partial charge < -0.3 is 19.7 Å². The number of aromatic nitrogens is 2. The number of fused-ring (bicyclic) bond motifs is 1. The molecule has 1 aromatic heterocycles. The van der Waals surface area contributed by atoms with Crippen LogP contribution in [0.2, 0.25) is 0 Å². The van der Waals surface area contributed by atoms with E-state index in [2.05, 4.69) is 15.3 Å². The molecule has 1 aliphatic rings. The molecule has 1 aromatic carbocycles. The van der Waals surface area contributed by atoms with Crippen molar-refractivity contribution in [2.75, 3.05) is 37.5 Å². The molecule has 1 N–H and O–H groups in total. The summed E-state index contributed by atoms with van der Waals surface area (Å²) in [5.41, 5.74) is 0. The van der Waals surface area contributed by atoms with Crippen molar-refractivity contribution in [2.45, 2.75) is 12.5 Å². The van der Waals surface area contributed by atoms with E-state index in [9.17, 15) is 4.39 Å². The fraction of sp³-hybridized carbons (Fsp3) is 0.375. The Hall–Kier alpha value is -2.57. The Morgan fingerprint density at radius 1 is 1.30 bits per heavy atom. The van der Waals surface area contributed by atoms with E-state index in [1.54, 1.807) is 19.0 Å². The summed E-state index contributed by atoms with van der Waals surface area (Å²) in [6.45, 7) is 1.11. The molecule has 3 rings (SSSR count). The number of benzene rings is 1. The summed E-state index contributed by atoms with van der Waals surface area (Å²) in [5, 5.41) is 3.09. The maximum atomic E-state index is 13.5. The van der Waals surface area contributed by atoms with Crippen LogP contribution in [0, 0.1) is 5.82 Å². The van der Waals surface area contributed by atoms with Gasteiger partial charge in [-0.1, -0.05) is 12.1 Å². The van der Waals surface area contributed by atoms with Crippen molar-refractivity contribution in [1.82, 2.24) is 9.97 Å². The summed E-state index contributed by atoms with van der Waals surface area (Å²) in [5.74, 6) is 1.74. The first-order valence-corrected chi connectivity index (χ1v) is 7.45. The molecule has 0 saturated heterocycles. The molecule has 6 nitrogen and oxygen atoms in total. The zero-order valence-electron chi connectivity index (χ0n) is 13.1. The number of para-hydroxylation sites is 2. The summed E-state index contributed by atoms with van der Waals surface area (Å²) in [6.07, 6.45) is 1.86. The van der Waals surface area contributed by atoms with E-state index in [0.717, 1.165) is 17.9 Å². The van der Waals surface area contributed by atoms with E-state index < -0.39 is 5.82 Å². The predicted octanol–water partition coefficient (Wildman–Crippen LogP) is 2.32. The molecule has 0 saturated carbocycles. The third-order valence-corrected chi connectivity index (χ3v) is 3.47. The minimum atomic E-state index is -0.443. The van der Waals surface area contributed by atoms with Gasteiger partial charge in [0.2, 0.25) is 5.95 Å². The SMILES string of the molecule is CN(C)c1nc(NCCC2COc3ccccc3O2)ncc1F. The highest BCUT2D eigenvalue weighted by atomic mass is 19.1. The van der Waals surface area contributed by atoms with Crippen molar-refractivity contribution >= 4 is 11.8 Å². The van der Waals surface area contributed by atoms with Crippen LogP contribution in [-0.4, -0.2) is 43.3 Å². The number of anilines is 2. The van der Waals surface area contributed by atoms with Gasteiger partial charge in [0, 0.05) is 27.1 Å². The molecule has 1 unspecified atom stereocenters. The molecular formula is C16H19FN4O2. The number of hydrogen-bond acceptors (Lipinski definition) is 6. The van der Waals surface area contributed by atoms with Gasteiger partial charge in [0.25, 0.3) is 0 Å². The molecule has 1 aliphatic heterocycles. The Kier molecular flexibility index (Phi) is 4.45. The monoisotopic (exact) mass is 318 g/mol. The van der Waals surface area contributed by atoms with Crippen molar-refractivity contribution in [2.24, 2.45) is 0 Å². The van der Waals surface area contributed by atoms with Crippen LogP contribution in [0.1, 0.15) is 6.42 Å². The molecule has 1 atom stereocenters. The average molecular weight is 318 g/mol. The highest BCUT2D eigenvalue weighted by molar-refractivity contribution is 5.42. The average Bonchev–Trinajstić information content (AvgIpc) is 2.56. The number of nitrogens with zero attached hydrogens (tertiary/aromatic N) is 3. The van der Waals surface area contributed by atoms with Crippen molar-refractivity contribution in [3.63, 3.8) is 0 Å². The minimum absolute atomic E-state index is 0.0360. The lowest BCUT2D eigenvalue weighted by molar-refractivity contribution is 0.0873. The van der Waals surface area contributed by atoms with Gasteiger partial charge in [0.05, 0.1) is 6.20 Å². The lowest BCUT2D eigenvalue weighted by Crippen LogP contribution is -2.31. The predicted molar refractivity (Wildman–Crippen MR) is 85.8 cm³/mol. The number of rotatable bonds is 5. The van der Waals surface area contributed by atoms with Crippen molar-refractivity contribution in [3.8, 4) is 11.5 Å². The topological polar surface area (TPSA) is 59.5 Å². The van der Waals surface area contributed by atoms with E-state index in [1.165, 1.54) is 6.20 Å². The maximum absolute atomic E-state index is 13.5. The molecule has 0 aliphatic carbocycles. The molecule has 2 heterocycles. The van der Waals surface area contributed by atoms with Crippen LogP contribution in [0.25, 0.3) is 0 Å². The molecule has 0 radical (unpaired) electrons. The van der Waals surface area contributed by atoms with E-state index in [-0.39, 0.29) is 11.9 Å². The number of ether oxygens (including phenoxy) is 2. The van der Waals surface area contributed by atoms with Crippen LogP contribution in [0.15, 0.2) is 30.5 Å². The number of nitrogens with one attached hydrogen (secondary N) is 1. The summed E-state index contributed by atoms with van der Waals surface area (Å²) in [6, 6.07) is 7.61. The first-order valence-electron chi connectivity index (χ1n) is 7.45. The van der Waals surface area contributed by atoms with Crippen molar-refractivity contribution in [1.29, 1.82) is 0 Å². The number of halogens is 1. The molecule has 7 heteroatoms. The van der Waals surface area contributed by atoms with Crippen LogP contribution in [-0.2, 0) is 0 Å². The lowest BCUT2D eigenvalue weighted by atomic mass is 10.2. The van der Waals surface area contributed by atoms with E-state index in [4.69, 9.17) is 9.47 Å². The van der Waals surface area contributed by atoms with Crippen LogP contribution in [0.5, 0.6) is 11.5 Å². The molecular weight excluding hydrogens is 299 g/mol. The molecule has 2 aromatic rings. The van der Waals surface area contributed by atoms with Crippen LogP contribution >= 0.6 is 0 Å². The summed E-state index contributed by atoms with van der Waals surface area (Å²) in [4.78, 5) is 9.70.